The van der Waals surface area contributed by atoms with E-state index in [4.69, 9.17) is 5.11 Å². The van der Waals surface area contributed by atoms with Gasteiger partial charge in [-0.15, -0.1) is 0 Å². The second kappa shape index (κ2) is 7.59. The van der Waals surface area contributed by atoms with Crippen molar-refractivity contribution in [3.8, 4) is 0 Å². The molecule has 0 unspecified atom stereocenters. The van der Waals surface area contributed by atoms with Crippen LogP contribution in [0, 0.1) is 5.82 Å². The van der Waals surface area contributed by atoms with Crippen LogP contribution in [-0.4, -0.2) is 41.0 Å². The normalized spacial score (nSPS) is 10.8. The predicted molar refractivity (Wildman–Crippen MR) is 72.6 cm³/mol. The predicted octanol–water partition coefficient (Wildman–Crippen LogP) is 1.24. The number of aliphatic carboxylic acids is 1. The first-order valence-corrected chi connectivity index (χ1v) is 6.36. The fourth-order valence-corrected chi connectivity index (χ4v) is 1.67. The Morgan fingerprint density at radius 3 is 2.50 bits per heavy atom. The van der Waals surface area contributed by atoms with Gasteiger partial charge in [-0.25, -0.2) is 4.39 Å². The number of benzene rings is 1. The van der Waals surface area contributed by atoms with Crippen molar-refractivity contribution >= 4 is 11.9 Å². The third kappa shape index (κ3) is 5.36. The number of rotatable bonds is 7. The summed E-state index contributed by atoms with van der Waals surface area (Å²) in [6.07, 6.45) is 0. The smallest absolute Gasteiger partial charge is 0.317 e. The molecule has 0 bridgehead atoms. The van der Waals surface area contributed by atoms with Crippen molar-refractivity contribution in [1.82, 2.24) is 10.2 Å². The minimum Gasteiger partial charge on any atom is -0.480 e. The molecule has 6 heteroatoms. The van der Waals surface area contributed by atoms with Crippen LogP contribution in [0.25, 0.3) is 0 Å². The minimum absolute atomic E-state index is 0.0293. The van der Waals surface area contributed by atoms with Gasteiger partial charge in [0.2, 0.25) is 5.91 Å². The van der Waals surface area contributed by atoms with Gasteiger partial charge in [-0.1, -0.05) is 18.2 Å². The van der Waals surface area contributed by atoms with Crippen LogP contribution < -0.4 is 5.32 Å². The SMILES string of the molecule is CC(C)N(CC(=O)O)CC(=O)NCc1ccccc1F. The van der Waals surface area contributed by atoms with E-state index in [9.17, 15) is 14.0 Å². The van der Waals surface area contributed by atoms with E-state index in [1.807, 2.05) is 13.8 Å². The first kappa shape index (κ1) is 16.1. The van der Waals surface area contributed by atoms with Gasteiger partial charge in [-0.2, -0.15) is 0 Å². The van der Waals surface area contributed by atoms with Crippen LogP contribution in [0.15, 0.2) is 24.3 Å². The highest BCUT2D eigenvalue weighted by Crippen LogP contribution is 2.05. The molecule has 1 rings (SSSR count). The van der Waals surface area contributed by atoms with E-state index in [-0.39, 0.29) is 37.4 Å². The van der Waals surface area contributed by atoms with Crippen LogP contribution in [0.5, 0.6) is 0 Å². The number of amides is 1. The molecule has 20 heavy (non-hydrogen) atoms. The van der Waals surface area contributed by atoms with E-state index in [0.29, 0.717) is 5.56 Å². The standard InChI is InChI=1S/C14H19FN2O3/c1-10(2)17(9-14(19)20)8-13(18)16-7-11-5-3-4-6-12(11)15/h3-6,10H,7-9H2,1-2H3,(H,16,18)(H,19,20). The molecule has 0 aliphatic carbocycles. The summed E-state index contributed by atoms with van der Waals surface area (Å²) in [7, 11) is 0. The lowest BCUT2D eigenvalue weighted by molar-refractivity contribution is -0.139. The number of carbonyl (C=O) groups excluding carboxylic acids is 1. The van der Waals surface area contributed by atoms with Gasteiger partial charge >= 0.3 is 5.97 Å². The molecule has 0 spiro atoms. The highest BCUT2D eigenvalue weighted by Gasteiger charge is 2.16. The fourth-order valence-electron chi connectivity index (χ4n) is 1.67. The molecule has 0 fully saturated rings. The number of hydrogen-bond donors (Lipinski definition) is 2. The molecule has 0 atom stereocenters. The topological polar surface area (TPSA) is 69.6 Å². The van der Waals surface area contributed by atoms with Gasteiger partial charge < -0.3 is 10.4 Å². The molecule has 0 aliphatic heterocycles. The van der Waals surface area contributed by atoms with Gasteiger partial charge in [-0.05, 0) is 19.9 Å². The lowest BCUT2D eigenvalue weighted by Crippen LogP contribution is -2.43. The van der Waals surface area contributed by atoms with Gasteiger partial charge in [0.1, 0.15) is 5.82 Å². The summed E-state index contributed by atoms with van der Waals surface area (Å²) in [6, 6.07) is 6.12. The molecule has 1 aromatic rings. The van der Waals surface area contributed by atoms with E-state index in [1.54, 1.807) is 18.2 Å². The number of nitrogens with zero attached hydrogens (tertiary/aromatic N) is 1. The first-order valence-electron chi connectivity index (χ1n) is 6.36. The van der Waals surface area contributed by atoms with Crippen molar-refractivity contribution in [2.24, 2.45) is 0 Å². The number of carbonyl (C=O) groups is 2. The molecule has 0 saturated heterocycles. The zero-order valence-corrected chi connectivity index (χ0v) is 11.6. The fraction of sp³-hybridized carbons (Fsp3) is 0.429. The van der Waals surface area contributed by atoms with Crippen molar-refractivity contribution in [3.63, 3.8) is 0 Å². The van der Waals surface area contributed by atoms with E-state index >= 15 is 0 Å². The average Bonchev–Trinajstić information content (AvgIpc) is 2.36. The number of hydrogen-bond acceptors (Lipinski definition) is 3. The number of halogens is 1. The molecule has 0 radical (unpaired) electrons. The van der Waals surface area contributed by atoms with E-state index < -0.39 is 5.97 Å². The zero-order chi connectivity index (χ0) is 15.1. The lowest BCUT2D eigenvalue weighted by Gasteiger charge is -2.23. The Balaban J connectivity index is 2.50. The second-order valence-electron chi connectivity index (χ2n) is 4.76. The Morgan fingerprint density at radius 2 is 1.95 bits per heavy atom. The van der Waals surface area contributed by atoms with Gasteiger partial charge in [-0.3, -0.25) is 14.5 Å². The van der Waals surface area contributed by atoms with Crippen molar-refractivity contribution in [2.75, 3.05) is 13.1 Å². The van der Waals surface area contributed by atoms with Gasteiger partial charge in [0, 0.05) is 18.2 Å². The summed E-state index contributed by atoms with van der Waals surface area (Å²) in [5, 5.41) is 11.4. The quantitative estimate of drug-likeness (QED) is 0.789. The van der Waals surface area contributed by atoms with Crippen LogP contribution in [-0.2, 0) is 16.1 Å². The zero-order valence-electron chi connectivity index (χ0n) is 11.6. The molecule has 1 amide bonds. The molecule has 0 aromatic heterocycles. The van der Waals surface area contributed by atoms with Crippen molar-refractivity contribution in [2.45, 2.75) is 26.4 Å². The van der Waals surface area contributed by atoms with Crippen LogP contribution in [0.2, 0.25) is 0 Å². The lowest BCUT2D eigenvalue weighted by atomic mass is 10.2. The van der Waals surface area contributed by atoms with Gasteiger partial charge in [0.05, 0.1) is 13.1 Å². The maximum Gasteiger partial charge on any atom is 0.317 e. The summed E-state index contributed by atoms with van der Waals surface area (Å²) < 4.78 is 13.4. The third-order valence-electron chi connectivity index (χ3n) is 2.85. The summed E-state index contributed by atoms with van der Waals surface area (Å²) in [6.45, 7) is 3.48. The van der Waals surface area contributed by atoms with E-state index in [2.05, 4.69) is 5.32 Å². The number of carboxylic acid groups (broad SMARTS) is 1. The van der Waals surface area contributed by atoms with Crippen LogP contribution in [0.3, 0.4) is 0 Å². The van der Waals surface area contributed by atoms with Crippen LogP contribution in [0.4, 0.5) is 4.39 Å². The Bertz CT molecular complexity index is 477. The number of carboxylic acids is 1. The molecular weight excluding hydrogens is 263 g/mol. The average molecular weight is 282 g/mol. The Morgan fingerprint density at radius 1 is 1.30 bits per heavy atom. The molecule has 110 valence electrons. The molecule has 5 nitrogen and oxygen atoms in total. The van der Waals surface area contributed by atoms with E-state index in [1.165, 1.54) is 11.0 Å². The van der Waals surface area contributed by atoms with E-state index in [0.717, 1.165) is 0 Å². The van der Waals surface area contributed by atoms with Gasteiger partial charge in [0.15, 0.2) is 0 Å². The maximum absolute atomic E-state index is 13.4. The third-order valence-corrected chi connectivity index (χ3v) is 2.85. The maximum atomic E-state index is 13.4. The van der Waals surface area contributed by atoms with Crippen LogP contribution in [0.1, 0.15) is 19.4 Å². The molecule has 0 saturated carbocycles. The first-order chi connectivity index (χ1) is 9.40. The number of nitrogens with one attached hydrogen (secondary N) is 1. The summed E-state index contributed by atoms with van der Waals surface area (Å²) in [5.41, 5.74) is 0.398. The van der Waals surface area contributed by atoms with Crippen molar-refractivity contribution in [3.05, 3.63) is 35.6 Å². The monoisotopic (exact) mass is 282 g/mol. The van der Waals surface area contributed by atoms with Crippen LogP contribution >= 0.6 is 0 Å². The Labute approximate surface area is 117 Å². The molecular formula is C14H19FN2O3. The summed E-state index contributed by atoms with van der Waals surface area (Å²) in [4.78, 5) is 24.0. The van der Waals surface area contributed by atoms with Gasteiger partial charge in [0.25, 0.3) is 0 Å². The summed E-state index contributed by atoms with van der Waals surface area (Å²) >= 11 is 0. The largest absolute Gasteiger partial charge is 0.480 e. The molecule has 2 N–H and O–H groups in total. The highest BCUT2D eigenvalue weighted by atomic mass is 19.1. The molecule has 0 heterocycles. The summed E-state index contributed by atoms with van der Waals surface area (Å²) in [5.74, 6) is -1.69. The van der Waals surface area contributed by atoms with Crippen molar-refractivity contribution in [1.29, 1.82) is 0 Å². The Kier molecular flexibility index (Phi) is 6.11. The highest BCUT2D eigenvalue weighted by molar-refractivity contribution is 5.79. The minimum atomic E-state index is -0.986. The second-order valence-corrected chi connectivity index (χ2v) is 4.76. The van der Waals surface area contributed by atoms with Crippen molar-refractivity contribution < 1.29 is 19.1 Å². The molecule has 0 aliphatic rings. The molecule has 1 aromatic carbocycles. The Hall–Kier alpha value is -1.95.